The minimum atomic E-state index is -2.99. The first-order valence-electron chi connectivity index (χ1n) is 9.56. The zero-order chi connectivity index (χ0) is 21.8. The second-order valence-corrected chi connectivity index (χ2v) is 7.98. The fourth-order valence-corrected chi connectivity index (χ4v) is 3.49. The van der Waals surface area contributed by atoms with E-state index in [4.69, 9.17) is 9.84 Å². The number of aromatic nitrogens is 2. The lowest BCUT2D eigenvalue weighted by Gasteiger charge is -2.24. The van der Waals surface area contributed by atoms with Crippen molar-refractivity contribution in [2.45, 2.75) is 26.0 Å². The molecule has 0 atom stereocenters. The smallest absolute Gasteiger partial charge is 0.387 e. The highest BCUT2D eigenvalue weighted by molar-refractivity contribution is 7.09. The Labute approximate surface area is 180 Å². The van der Waals surface area contributed by atoms with Crippen LogP contribution >= 0.6 is 11.3 Å². The zero-order valence-corrected chi connectivity index (χ0v) is 17.1. The molecule has 31 heavy (non-hydrogen) atoms. The molecule has 7 nitrogen and oxygen atoms in total. The van der Waals surface area contributed by atoms with Crippen LogP contribution in [0.1, 0.15) is 28.1 Å². The van der Waals surface area contributed by atoms with Gasteiger partial charge in [-0.25, -0.2) is 4.79 Å². The van der Waals surface area contributed by atoms with E-state index in [1.54, 1.807) is 29.9 Å². The summed E-state index contributed by atoms with van der Waals surface area (Å²) in [5, 5.41) is 9.16. The number of hydrogen-bond acceptors (Lipinski definition) is 7. The topological polar surface area (TPSA) is 84.8 Å². The van der Waals surface area contributed by atoms with Crippen molar-refractivity contribution < 1.29 is 28.2 Å². The van der Waals surface area contributed by atoms with Gasteiger partial charge in [-0.1, -0.05) is 0 Å². The molecular formula is C21H19F2N3O4S. The predicted octanol–water partition coefficient (Wildman–Crippen LogP) is 4.96. The van der Waals surface area contributed by atoms with E-state index < -0.39 is 12.6 Å². The number of nitrogens with zero attached hydrogens (tertiary/aromatic N) is 3. The molecule has 1 N–H and O–H groups in total. The predicted molar refractivity (Wildman–Crippen MR) is 110 cm³/mol. The molecular weight excluding hydrogens is 428 g/mol. The average molecular weight is 447 g/mol. The number of aromatic carboxylic acids is 1. The summed E-state index contributed by atoms with van der Waals surface area (Å²) in [7, 11) is 0. The van der Waals surface area contributed by atoms with Gasteiger partial charge < -0.3 is 19.5 Å². The van der Waals surface area contributed by atoms with Crippen molar-refractivity contribution in [2.24, 2.45) is 5.92 Å². The van der Waals surface area contributed by atoms with Crippen LogP contribution in [0.3, 0.4) is 0 Å². The van der Waals surface area contributed by atoms with Gasteiger partial charge in [0.25, 0.3) is 5.88 Å². The maximum absolute atomic E-state index is 12.8. The molecule has 3 aromatic rings. The minimum absolute atomic E-state index is 0.00107. The number of thiazole rings is 1. The Morgan fingerprint density at radius 1 is 1.23 bits per heavy atom. The Bertz CT molecular complexity index is 1030. The molecule has 0 unspecified atom stereocenters. The van der Waals surface area contributed by atoms with Gasteiger partial charge in [0.15, 0.2) is 5.75 Å². The van der Waals surface area contributed by atoms with Gasteiger partial charge in [0.2, 0.25) is 0 Å². The number of pyridine rings is 1. The molecule has 1 aromatic carbocycles. The van der Waals surface area contributed by atoms with E-state index in [1.165, 1.54) is 29.5 Å². The number of alkyl halides is 2. The monoisotopic (exact) mass is 447 g/mol. The highest BCUT2D eigenvalue weighted by Crippen LogP contribution is 2.36. The number of benzene rings is 1. The van der Waals surface area contributed by atoms with Gasteiger partial charge in [0, 0.05) is 16.8 Å². The molecule has 2 heterocycles. The van der Waals surface area contributed by atoms with Crippen LogP contribution in [0.2, 0.25) is 0 Å². The second-order valence-electron chi connectivity index (χ2n) is 7.01. The Hall–Kier alpha value is -3.27. The van der Waals surface area contributed by atoms with E-state index >= 15 is 0 Å². The van der Waals surface area contributed by atoms with Crippen LogP contribution in [-0.2, 0) is 6.54 Å². The number of anilines is 2. The van der Waals surface area contributed by atoms with Crippen LogP contribution in [-0.4, -0.2) is 34.3 Å². The van der Waals surface area contributed by atoms with Crippen molar-refractivity contribution in [2.75, 3.05) is 11.5 Å². The fourth-order valence-electron chi connectivity index (χ4n) is 2.90. The van der Waals surface area contributed by atoms with Crippen LogP contribution in [0.5, 0.6) is 11.6 Å². The number of ether oxygens (including phenoxy) is 2. The van der Waals surface area contributed by atoms with Crippen molar-refractivity contribution >= 4 is 28.8 Å². The van der Waals surface area contributed by atoms with Crippen LogP contribution in [0, 0.1) is 5.92 Å². The van der Waals surface area contributed by atoms with Gasteiger partial charge >= 0.3 is 12.6 Å². The van der Waals surface area contributed by atoms with E-state index in [0.717, 1.165) is 17.7 Å². The molecule has 1 aliphatic rings. The van der Waals surface area contributed by atoms with E-state index in [0.29, 0.717) is 30.6 Å². The summed E-state index contributed by atoms with van der Waals surface area (Å²) < 4.78 is 35.9. The SMILES string of the molecule is O=C(O)c1ccc(N(Cc2cncs2)c2ccc(OC(F)F)c(OCC3CC3)n2)cc1. The van der Waals surface area contributed by atoms with Crippen LogP contribution < -0.4 is 14.4 Å². The third-order valence-electron chi connectivity index (χ3n) is 4.68. The molecule has 10 heteroatoms. The lowest BCUT2D eigenvalue weighted by Crippen LogP contribution is -2.18. The summed E-state index contributed by atoms with van der Waals surface area (Å²) in [6, 6.07) is 9.29. The number of carbonyl (C=O) groups is 1. The maximum Gasteiger partial charge on any atom is 0.387 e. The van der Waals surface area contributed by atoms with Crippen LogP contribution in [0.25, 0.3) is 0 Å². The van der Waals surface area contributed by atoms with Crippen molar-refractivity contribution in [3.8, 4) is 11.6 Å². The largest absolute Gasteiger partial charge is 0.478 e. The average Bonchev–Trinajstić information content (AvgIpc) is 3.44. The molecule has 2 aromatic heterocycles. The van der Waals surface area contributed by atoms with Gasteiger partial charge in [-0.15, -0.1) is 11.3 Å². The summed E-state index contributed by atoms with van der Waals surface area (Å²) >= 11 is 1.46. The summed E-state index contributed by atoms with van der Waals surface area (Å²) in [6.07, 6.45) is 3.80. The first-order valence-corrected chi connectivity index (χ1v) is 10.4. The van der Waals surface area contributed by atoms with Crippen LogP contribution in [0.15, 0.2) is 48.1 Å². The zero-order valence-electron chi connectivity index (χ0n) is 16.3. The molecule has 4 rings (SSSR count). The second kappa shape index (κ2) is 9.25. The maximum atomic E-state index is 12.8. The number of halogens is 2. The Morgan fingerprint density at radius 2 is 2.00 bits per heavy atom. The molecule has 0 aliphatic heterocycles. The van der Waals surface area contributed by atoms with E-state index in [1.807, 2.05) is 4.90 Å². The molecule has 1 saturated carbocycles. The molecule has 0 radical (unpaired) electrons. The molecule has 0 amide bonds. The first kappa shape index (κ1) is 21.0. The number of carboxylic acid groups (broad SMARTS) is 1. The summed E-state index contributed by atoms with van der Waals surface area (Å²) in [5.74, 6) is -0.298. The Kier molecular flexibility index (Phi) is 6.26. The Balaban J connectivity index is 1.68. The summed E-state index contributed by atoms with van der Waals surface area (Å²) in [6.45, 7) is -2.20. The molecule has 0 spiro atoms. The van der Waals surface area contributed by atoms with Gasteiger partial charge in [0.05, 0.1) is 24.2 Å². The van der Waals surface area contributed by atoms with Crippen molar-refractivity contribution in [3.05, 3.63) is 58.5 Å². The third-order valence-corrected chi connectivity index (χ3v) is 5.44. The van der Waals surface area contributed by atoms with Crippen molar-refractivity contribution in [1.29, 1.82) is 0 Å². The third kappa shape index (κ3) is 5.46. The molecule has 162 valence electrons. The van der Waals surface area contributed by atoms with E-state index in [-0.39, 0.29) is 17.2 Å². The van der Waals surface area contributed by atoms with Gasteiger partial charge in [-0.2, -0.15) is 13.8 Å². The van der Waals surface area contributed by atoms with E-state index in [2.05, 4.69) is 14.7 Å². The quantitative estimate of drug-likeness (QED) is 0.470. The lowest BCUT2D eigenvalue weighted by molar-refractivity contribution is -0.0519. The Morgan fingerprint density at radius 3 is 2.61 bits per heavy atom. The minimum Gasteiger partial charge on any atom is -0.478 e. The molecule has 1 fully saturated rings. The summed E-state index contributed by atoms with van der Waals surface area (Å²) in [4.78, 5) is 22.5. The molecule has 1 aliphatic carbocycles. The van der Waals surface area contributed by atoms with Gasteiger partial charge in [-0.3, -0.25) is 4.98 Å². The number of rotatable bonds is 10. The van der Waals surface area contributed by atoms with Gasteiger partial charge in [-0.05, 0) is 55.2 Å². The number of carboxylic acids is 1. The van der Waals surface area contributed by atoms with E-state index in [9.17, 15) is 13.6 Å². The first-order chi connectivity index (χ1) is 15.0. The van der Waals surface area contributed by atoms with Crippen molar-refractivity contribution in [1.82, 2.24) is 9.97 Å². The van der Waals surface area contributed by atoms with Crippen molar-refractivity contribution in [3.63, 3.8) is 0 Å². The number of hydrogen-bond donors (Lipinski definition) is 1. The highest BCUT2D eigenvalue weighted by atomic mass is 32.1. The van der Waals surface area contributed by atoms with Gasteiger partial charge in [0.1, 0.15) is 5.82 Å². The summed E-state index contributed by atoms with van der Waals surface area (Å²) in [5.41, 5.74) is 2.54. The normalized spacial score (nSPS) is 13.3. The fraction of sp³-hybridized carbons (Fsp3) is 0.286. The molecule has 0 bridgehead atoms. The lowest BCUT2D eigenvalue weighted by atomic mass is 10.2. The van der Waals surface area contributed by atoms with Crippen LogP contribution in [0.4, 0.5) is 20.3 Å². The standard InChI is InChI=1S/C21H19F2N3O4S/c22-21(23)30-17-7-8-18(25-19(17)29-11-13-1-2-13)26(10-16-9-24-12-31-16)15-5-3-14(4-6-15)20(27)28/h3-9,12-13,21H,1-2,10-11H2,(H,27,28). The highest BCUT2D eigenvalue weighted by Gasteiger charge is 2.24. The molecule has 0 saturated heterocycles.